The van der Waals surface area contributed by atoms with E-state index in [1.807, 2.05) is 36.1 Å². The van der Waals surface area contributed by atoms with Crippen molar-refractivity contribution in [2.24, 2.45) is 5.84 Å². The van der Waals surface area contributed by atoms with Gasteiger partial charge >= 0.3 is 0 Å². The van der Waals surface area contributed by atoms with E-state index in [2.05, 4.69) is 24.2 Å². The highest BCUT2D eigenvalue weighted by molar-refractivity contribution is 5.94. The van der Waals surface area contributed by atoms with Gasteiger partial charge in [-0.1, -0.05) is 13.8 Å². The average molecular weight is 292 g/mol. The Morgan fingerprint density at radius 1 is 1.05 bits per heavy atom. The average Bonchev–Trinajstić information content (AvgIpc) is 2.55. The normalized spacial score (nSPS) is 10.7. The van der Waals surface area contributed by atoms with Crippen LogP contribution in [0.15, 0.2) is 24.3 Å². The summed E-state index contributed by atoms with van der Waals surface area (Å²) < 4.78 is 0. The molecule has 1 aromatic rings. The Kier molecular flexibility index (Phi) is 7.79. The van der Waals surface area contributed by atoms with Gasteiger partial charge in [-0.15, -0.1) is 0 Å². The van der Waals surface area contributed by atoms with Crippen LogP contribution in [0.4, 0.5) is 5.69 Å². The minimum atomic E-state index is 0.0839. The highest BCUT2D eigenvalue weighted by atomic mass is 16.2. The van der Waals surface area contributed by atoms with Gasteiger partial charge in [-0.05, 0) is 57.2 Å². The lowest BCUT2D eigenvalue weighted by Gasteiger charge is -2.23. The molecule has 0 radical (unpaired) electrons. The van der Waals surface area contributed by atoms with Crippen LogP contribution in [0, 0.1) is 0 Å². The second-order valence-electron chi connectivity index (χ2n) is 4.99. The fraction of sp³-hybridized carbons (Fsp3) is 0.562. The number of hydrogen-bond acceptors (Lipinski definition) is 4. The van der Waals surface area contributed by atoms with Crippen molar-refractivity contribution in [1.82, 2.24) is 9.80 Å². The Bertz CT molecular complexity index is 415. The number of carbonyl (C=O) groups excluding carboxylic acids is 1. The molecule has 0 unspecified atom stereocenters. The molecular weight excluding hydrogens is 264 g/mol. The lowest BCUT2D eigenvalue weighted by atomic mass is 10.1. The molecule has 0 saturated heterocycles. The number of anilines is 1. The molecule has 3 N–H and O–H groups in total. The van der Waals surface area contributed by atoms with Crippen LogP contribution in [0.5, 0.6) is 0 Å². The number of hydrazine groups is 1. The number of benzene rings is 1. The van der Waals surface area contributed by atoms with Crippen molar-refractivity contribution in [2.75, 3.05) is 38.1 Å². The lowest BCUT2D eigenvalue weighted by molar-refractivity contribution is 0.0757. The third-order valence-corrected chi connectivity index (χ3v) is 3.76. The predicted octanol–water partition coefficient (Wildman–Crippen LogP) is 2.17. The molecule has 0 bridgehead atoms. The Hall–Kier alpha value is -1.59. The Labute approximate surface area is 128 Å². The van der Waals surface area contributed by atoms with E-state index >= 15 is 0 Å². The molecular formula is C16H28N4O. The van der Waals surface area contributed by atoms with E-state index in [0.29, 0.717) is 5.56 Å². The number of rotatable bonds is 9. The standard InChI is InChI=1S/C16H28N4O/c1-4-19(5-2)12-7-13-20(6-3)16(21)14-8-10-15(18-17)11-9-14/h8-11,18H,4-7,12-13,17H2,1-3H3. The molecule has 0 spiro atoms. The van der Waals surface area contributed by atoms with Crippen LogP contribution in [-0.4, -0.2) is 48.4 Å². The number of carbonyl (C=O) groups is 1. The van der Waals surface area contributed by atoms with Gasteiger partial charge in [0.2, 0.25) is 0 Å². The molecule has 1 rings (SSSR count). The Morgan fingerprint density at radius 2 is 1.67 bits per heavy atom. The van der Waals surface area contributed by atoms with Crippen LogP contribution >= 0.6 is 0 Å². The van der Waals surface area contributed by atoms with Gasteiger partial charge in [-0.3, -0.25) is 10.6 Å². The maximum Gasteiger partial charge on any atom is 0.253 e. The van der Waals surface area contributed by atoms with Gasteiger partial charge in [0.1, 0.15) is 0 Å². The summed E-state index contributed by atoms with van der Waals surface area (Å²) in [5.41, 5.74) is 4.07. The van der Waals surface area contributed by atoms with Crippen LogP contribution in [-0.2, 0) is 0 Å². The number of nitrogens with zero attached hydrogens (tertiary/aromatic N) is 2. The number of nitrogen functional groups attached to an aromatic ring is 1. The first-order valence-electron chi connectivity index (χ1n) is 7.74. The first kappa shape index (κ1) is 17.5. The minimum Gasteiger partial charge on any atom is -0.339 e. The number of nitrogens with two attached hydrogens (primary N) is 1. The summed E-state index contributed by atoms with van der Waals surface area (Å²) in [6.07, 6.45) is 1.00. The van der Waals surface area contributed by atoms with Crippen molar-refractivity contribution in [3.8, 4) is 0 Å². The number of amides is 1. The summed E-state index contributed by atoms with van der Waals surface area (Å²) in [6, 6.07) is 7.25. The van der Waals surface area contributed by atoms with Crippen LogP contribution in [0.3, 0.4) is 0 Å². The monoisotopic (exact) mass is 292 g/mol. The van der Waals surface area contributed by atoms with E-state index in [0.717, 1.165) is 44.8 Å². The van der Waals surface area contributed by atoms with Gasteiger partial charge in [0, 0.05) is 24.3 Å². The molecule has 0 heterocycles. The molecule has 0 aliphatic heterocycles. The molecule has 5 nitrogen and oxygen atoms in total. The molecule has 21 heavy (non-hydrogen) atoms. The zero-order valence-corrected chi connectivity index (χ0v) is 13.4. The van der Waals surface area contributed by atoms with E-state index in [1.165, 1.54) is 0 Å². The molecule has 0 fully saturated rings. The first-order chi connectivity index (χ1) is 10.2. The van der Waals surface area contributed by atoms with Crippen molar-refractivity contribution in [1.29, 1.82) is 0 Å². The van der Waals surface area contributed by atoms with E-state index in [1.54, 1.807) is 0 Å². The maximum atomic E-state index is 12.5. The third-order valence-electron chi connectivity index (χ3n) is 3.76. The second kappa shape index (κ2) is 9.37. The predicted molar refractivity (Wildman–Crippen MR) is 88.2 cm³/mol. The summed E-state index contributed by atoms with van der Waals surface area (Å²) in [6.45, 7) is 11.0. The molecule has 0 atom stereocenters. The lowest BCUT2D eigenvalue weighted by Crippen LogP contribution is -2.34. The van der Waals surface area contributed by atoms with E-state index in [4.69, 9.17) is 5.84 Å². The van der Waals surface area contributed by atoms with Crippen molar-refractivity contribution < 1.29 is 4.79 Å². The summed E-state index contributed by atoms with van der Waals surface area (Å²) in [5.74, 6) is 5.42. The Balaban J connectivity index is 2.55. The SMILES string of the molecule is CCN(CC)CCCN(CC)C(=O)c1ccc(NN)cc1. The summed E-state index contributed by atoms with van der Waals surface area (Å²) in [5, 5.41) is 0. The van der Waals surface area contributed by atoms with Crippen LogP contribution in [0.2, 0.25) is 0 Å². The second-order valence-corrected chi connectivity index (χ2v) is 4.99. The molecule has 1 aromatic carbocycles. The Morgan fingerprint density at radius 3 is 2.14 bits per heavy atom. The highest BCUT2D eigenvalue weighted by Gasteiger charge is 2.14. The van der Waals surface area contributed by atoms with Gasteiger partial charge in [0.15, 0.2) is 0 Å². The van der Waals surface area contributed by atoms with Crippen LogP contribution < -0.4 is 11.3 Å². The maximum absolute atomic E-state index is 12.5. The zero-order valence-electron chi connectivity index (χ0n) is 13.4. The third kappa shape index (κ3) is 5.36. The summed E-state index contributed by atoms with van der Waals surface area (Å²) in [4.78, 5) is 16.7. The van der Waals surface area contributed by atoms with E-state index in [-0.39, 0.29) is 5.91 Å². The first-order valence-corrected chi connectivity index (χ1v) is 7.74. The molecule has 1 amide bonds. The van der Waals surface area contributed by atoms with E-state index < -0.39 is 0 Å². The van der Waals surface area contributed by atoms with E-state index in [9.17, 15) is 4.79 Å². The smallest absolute Gasteiger partial charge is 0.253 e. The largest absolute Gasteiger partial charge is 0.339 e. The fourth-order valence-electron chi connectivity index (χ4n) is 2.32. The summed E-state index contributed by atoms with van der Waals surface area (Å²) in [7, 11) is 0. The zero-order chi connectivity index (χ0) is 15.7. The number of nitrogens with one attached hydrogen (secondary N) is 1. The fourth-order valence-corrected chi connectivity index (χ4v) is 2.32. The molecule has 5 heteroatoms. The van der Waals surface area contributed by atoms with Gasteiger partial charge in [0.05, 0.1) is 0 Å². The molecule has 0 saturated carbocycles. The van der Waals surface area contributed by atoms with Crippen molar-refractivity contribution in [2.45, 2.75) is 27.2 Å². The van der Waals surface area contributed by atoms with Gasteiger partial charge < -0.3 is 15.2 Å². The van der Waals surface area contributed by atoms with Gasteiger partial charge in [0.25, 0.3) is 5.91 Å². The van der Waals surface area contributed by atoms with Crippen molar-refractivity contribution in [3.05, 3.63) is 29.8 Å². The molecule has 0 aromatic heterocycles. The molecule has 0 aliphatic rings. The topological polar surface area (TPSA) is 61.6 Å². The van der Waals surface area contributed by atoms with Gasteiger partial charge in [-0.25, -0.2) is 0 Å². The minimum absolute atomic E-state index is 0.0839. The van der Waals surface area contributed by atoms with Crippen molar-refractivity contribution >= 4 is 11.6 Å². The molecule has 0 aliphatic carbocycles. The molecule has 118 valence electrons. The van der Waals surface area contributed by atoms with Crippen LogP contribution in [0.1, 0.15) is 37.6 Å². The highest BCUT2D eigenvalue weighted by Crippen LogP contribution is 2.11. The quantitative estimate of drug-likeness (QED) is 0.541. The summed E-state index contributed by atoms with van der Waals surface area (Å²) >= 11 is 0. The van der Waals surface area contributed by atoms with Crippen LogP contribution in [0.25, 0.3) is 0 Å². The van der Waals surface area contributed by atoms with Gasteiger partial charge in [-0.2, -0.15) is 0 Å². The van der Waals surface area contributed by atoms with Crippen molar-refractivity contribution in [3.63, 3.8) is 0 Å². The number of hydrogen-bond donors (Lipinski definition) is 2.